The summed E-state index contributed by atoms with van der Waals surface area (Å²) in [5.41, 5.74) is 0. The van der Waals surface area contributed by atoms with Crippen LogP contribution in [0.25, 0.3) is 0 Å². The van der Waals surface area contributed by atoms with Crippen molar-refractivity contribution in [2.45, 2.75) is 51.0 Å². The van der Waals surface area contributed by atoms with E-state index in [1.54, 1.807) is 0 Å². The van der Waals surface area contributed by atoms with Crippen molar-refractivity contribution in [2.24, 2.45) is 5.92 Å². The van der Waals surface area contributed by atoms with E-state index in [0.717, 1.165) is 45.2 Å². The number of carbonyl (C=O) groups is 2. The summed E-state index contributed by atoms with van der Waals surface area (Å²) in [6.45, 7) is 2.32. The van der Waals surface area contributed by atoms with Crippen molar-refractivity contribution in [1.29, 1.82) is 0 Å². The largest absolute Gasteiger partial charge is 0.481 e. The van der Waals surface area contributed by atoms with E-state index in [-0.39, 0.29) is 24.3 Å². The Morgan fingerprint density at radius 1 is 1.16 bits per heavy atom. The van der Waals surface area contributed by atoms with Gasteiger partial charge in [0.25, 0.3) is 0 Å². The van der Waals surface area contributed by atoms with Crippen LogP contribution in [0.3, 0.4) is 0 Å². The molecule has 2 aliphatic heterocycles. The first kappa shape index (κ1) is 14.3. The zero-order valence-corrected chi connectivity index (χ0v) is 11.4. The minimum Gasteiger partial charge on any atom is -0.481 e. The van der Waals surface area contributed by atoms with E-state index >= 15 is 0 Å². The molecule has 5 nitrogen and oxygen atoms in total. The molecule has 19 heavy (non-hydrogen) atoms. The second kappa shape index (κ2) is 6.89. The van der Waals surface area contributed by atoms with Crippen LogP contribution in [0.4, 0.5) is 0 Å². The van der Waals surface area contributed by atoms with Crippen LogP contribution in [-0.4, -0.2) is 47.6 Å². The van der Waals surface area contributed by atoms with E-state index in [9.17, 15) is 9.59 Å². The molecule has 0 spiro atoms. The molecule has 0 aromatic heterocycles. The van der Waals surface area contributed by atoms with E-state index in [2.05, 4.69) is 5.32 Å². The fourth-order valence-corrected chi connectivity index (χ4v) is 3.14. The predicted octanol–water partition coefficient (Wildman–Crippen LogP) is 1.23. The normalized spacial score (nSPS) is 28.7. The molecule has 0 aromatic carbocycles. The van der Waals surface area contributed by atoms with Crippen LogP contribution in [0.5, 0.6) is 0 Å². The molecule has 2 atom stereocenters. The summed E-state index contributed by atoms with van der Waals surface area (Å²) in [6.07, 6.45) is 6.39. The number of aliphatic carboxylic acids is 1. The first-order valence-electron chi connectivity index (χ1n) is 7.41. The molecule has 5 heteroatoms. The first-order chi connectivity index (χ1) is 9.16. The van der Waals surface area contributed by atoms with Crippen LogP contribution < -0.4 is 5.32 Å². The van der Waals surface area contributed by atoms with Gasteiger partial charge in [0.15, 0.2) is 0 Å². The molecule has 2 unspecified atom stereocenters. The maximum atomic E-state index is 12.5. The van der Waals surface area contributed by atoms with Gasteiger partial charge in [0.2, 0.25) is 5.91 Å². The second-order valence-electron chi connectivity index (χ2n) is 5.75. The Balaban J connectivity index is 1.88. The molecule has 0 saturated carbocycles. The number of carbonyl (C=O) groups excluding carboxylic acids is 1. The van der Waals surface area contributed by atoms with Crippen LogP contribution in [0, 0.1) is 5.92 Å². The number of amides is 1. The van der Waals surface area contributed by atoms with Gasteiger partial charge in [-0.25, -0.2) is 0 Å². The zero-order chi connectivity index (χ0) is 13.7. The molecular formula is C14H24N2O3. The monoisotopic (exact) mass is 268 g/mol. The lowest BCUT2D eigenvalue weighted by Gasteiger charge is -2.34. The highest BCUT2D eigenvalue weighted by Gasteiger charge is 2.29. The molecular weight excluding hydrogens is 244 g/mol. The topological polar surface area (TPSA) is 69.6 Å². The van der Waals surface area contributed by atoms with Crippen molar-refractivity contribution < 1.29 is 14.7 Å². The number of rotatable bonds is 3. The Morgan fingerprint density at radius 3 is 2.79 bits per heavy atom. The van der Waals surface area contributed by atoms with E-state index in [0.29, 0.717) is 6.54 Å². The maximum absolute atomic E-state index is 12.5. The molecule has 2 saturated heterocycles. The number of carboxylic acids is 1. The number of hydrogen-bond donors (Lipinski definition) is 2. The third kappa shape index (κ3) is 4.20. The molecule has 108 valence electrons. The Bertz CT molecular complexity index is 325. The molecule has 2 rings (SSSR count). The fourth-order valence-electron chi connectivity index (χ4n) is 3.14. The molecule has 2 aliphatic rings. The summed E-state index contributed by atoms with van der Waals surface area (Å²) >= 11 is 0. The van der Waals surface area contributed by atoms with Crippen LogP contribution in [0.15, 0.2) is 0 Å². The highest BCUT2D eigenvalue weighted by Crippen LogP contribution is 2.21. The summed E-state index contributed by atoms with van der Waals surface area (Å²) < 4.78 is 0. The number of nitrogens with one attached hydrogen (secondary N) is 1. The standard InChI is InChI=1S/C14H24N2O3/c17-13(18)9-11-5-4-8-16(10-11)14(19)12-6-2-1-3-7-15-12/h11-12,15H,1-10H2,(H,17,18). The Hall–Kier alpha value is -1.10. The van der Waals surface area contributed by atoms with Crippen molar-refractivity contribution in [3.05, 3.63) is 0 Å². The van der Waals surface area contributed by atoms with Crippen molar-refractivity contribution in [3.8, 4) is 0 Å². The van der Waals surface area contributed by atoms with Crippen molar-refractivity contribution in [3.63, 3.8) is 0 Å². The third-order valence-corrected chi connectivity index (χ3v) is 4.15. The smallest absolute Gasteiger partial charge is 0.303 e. The Labute approximate surface area is 114 Å². The maximum Gasteiger partial charge on any atom is 0.303 e. The summed E-state index contributed by atoms with van der Waals surface area (Å²) in [7, 11) is 0. The summed E-state index contributed by atoms with van der Waals surface area (Å²) in [5, 5.41) is 12.2. The van der Waals surface area contributed by atoms with Gasteiger partial charge in [-0.2, -0.15) is 0 Å². The van der Waals surface area contributed by atoms with Crippen LogP contribution >= 0.6 is 0 Å². The van der Waals surface area contributed by atoms with E-state index in [1.165, 1.54) is 6.42 Å². The van der Waals surface area contributed by atoms with Gasteiger partial charge in [0.1, 0.15) is 0 Å². The fraction of sp³-hybridized carbons (Fsp3) is 0.857. The molecule has 1 amide bonds. The highest BCUT2D eigenvalue weighted by atomic mass is 16.4. The second-order valence-corrected chi connectivity index (χ2v) is 5.75. The average molecular weight is 268 g/mol. The number of piperidine rings is 1. The lowest BCUT2D eigenvalue weighted by atomic mass is 9.94. The number of nitrogens with zero attached hydrogens (tertiary/aromatic N) is 1. The van der Waals surface area contributed by atoms with Gasteiger partial charge in [0.05, 0.1) is 6.04 Å². The predicted molar refractivity (Wildman–Crippen MR) is 71.8 cm³/mol. The quantitative estimate of drug-likeness (QED) is 0.808. The van der Waals surface area contributed by atoms with Crippen molar-refractivity contribution >= 4 is 11.9 Å². The van der Waals surface area contributed by atoms with Gasteiger partial charge < -0.3 is 15.3 Å². The summed E-state index contributed by atoms with van der Waals surface area (Å²) in [5.74, 6) is -0.454. The molecule has 2 fully saturated rings. The minimum absolute atomic E-state index is 0.0499. The molecule has 0 bridgehead atoms. The van der Waals surface area contributed by atoms with Crippen LogP contribution in [-0.2, 0) is 9.59 Å². The van der Waals surface area contributed by atoms with Gasteiger partial charge >= 0.3 is 5.97 Å². The minimum atomic E-state index is -0.758. The number of carboxylic acid groups (broad SMARTS) is 1. The van der Waals surface area contributed by atoms with Gasteiger partial charge in [-0.3, -0.25) is 9.59 Å². The van der Waals surface area contributed by atoms with E-state index < -0.39 is 5.97 Å². The molecule has 0 aliphatic carbocycles. The van der Waals surface area contributed by atoms with Gasteiger partial charge in [-0.05, 0) is 38.1 Å². The summed E-state index contributed by atoms with van der Waals surface area (Å²) in [4.78, 5) is 25.1. The molecule has 0 radical (unpaired) electrons. The van der Waals surface area contributed by atoms with E-state index in [1.807, 2.05) is 4.90 Å². The summed E-state index contributed by atoms with van der Waals surface area (Å²) in [6, 6.07) is -0.0499. The third-order valence-electron chi connectivity index (χ3n) is 4.15. The van der Waals surface area contributed by atoms with E-state index in [4.69, 9.17) is 5.11 Å². The molecule has 2 N–H and O–H groups in total. The zero-order valence-electron chi connectivity index (χ0n) is 11.4. The number of likely N-dealkylation sites (tertiary alicyclic amines) is 1. The van der Waals surface area contributed by atoms with Crippen LogP contribution in [0.2, 0.25) is 0 Å². The average Bonchev–Trinajstić information content (AvgIpc) is 2.66. The Kier molecular flexibility index (Phi) is 5.19. The van der Waals surface area contributed by atoms with Gasteiger partial charge in [0, 0.05) is 19.5 Å². The number of hydrogen-bond acceptors (Lipinski definition) is 3. The first-order valence-corrected chi connectivity index (χ1v) is 7.41. The van der Waals surface area contributed by atoms with Crippen molar-refractivity contribution in [2.75, 3.05) is 19.6 Å². The Morgan fingerprint density at radius 2 is 2.00 bits per heavy atom. The SMILES string of the molecule is O=C(O)CC1CCCN(C(=O)C2CCCCCN2)C1. The van der Waals surface area contributed by atoms with Gasteiger partial charge in [-0.15, -0.1) is 0 Å². The lowest BCUT2D eigenvalue weighted by molar-refractivity contribution is -0.141. The lowest BCUT2D eigenvalue weighted by Crippen LogP contribution is -2.49. The van der Waals surface area contributed by atoms with Crippen molar-refractivity contribution in [1.82, 2.24) is 10.2 Å². The van der Waals surface area contributed by atoms with Gasteiger partial charge in [-0.1, -0.05) is 12.8 Å². The molecule has 0 aromatic rings. The van der Waals surface area contributed by atoms with Crippen LogP contribution in [0.1, 0.15) is 44.9 Å². The highest BCUT2D eigenvalue weighted by molar-refractivity contribution is 5.82. The molecule has 2 heterocycles.